The predicted octanol–water partition coefficient (Wildman–Crippen LogP) is 1.50. The molecule has 0 aromatic carbocycles. The van der Waals surface area contributed by atoms with Gasteiger partial charge in [-0.2, -0.15) is 5.10 Å². The van der Waals surface area contributed by atoms with Crippen molar-refractivity contribution in [2.24, 2.45) is 0 Å². The quantitative estimate of drug-likeness (QED) is 0.867. The van der Waals surface area contributed by atoms with Gasteiger partial charge in [0.2, 0.25) is 0 Å². The number of aromatic amines is 1. The van der Waals surface area contributed by atoms with Crippen molar-refractivity contribution in [3.05, 3.63) is 29.3 Å². The van der Waals surface area contributed by atoms with Crippen LogP contribution in [0.15, 0.2) is 12.3 Å². The van der Waals surface area contributed by atoms with Gasteiger partial charge in [-0.05, 0) is 32.3 Å². The Kier molecular flexibility index (Phi) is 4.05. The first-order valence-corrected chi connectivity index (χ1v) is 8.57. The van der Waals surface area contributed by atoms with Gasteiger partial charge in [0.25, 0.3) is 5.91 Å². The Balaban J connectivity index is 1.38. The molecule has 1 amide bonds. The van der Waals surface area contributed by atoms with E-state index in [1.807, 2.05) is 28.8 Å². The average Bonchev–Trinajstić information content (AvgIpc) is 3.04. The lowest BCUT2D eigenvalue weighted by Crippen LogP contribution is -2.29. The highest BCUT2D eigenvalue weighted by atomic mass is 16.5. The van der Waals surface area contributed by atoms with Gasteiger partial charge in [0.15, 0.2) is 0 Å². The normalized spacial score (nSPS) is 20.7. The van der Waals surface area contributed by atoms with Crippen LogP contribution in [0.2, 0.25) is 0 Å². The fourth-order valence-corrected chi connectivity index (χ4v) is 3.12. The second-order valence-electron chi connectivity index (χ2n) is 6.50. The highest BCUT2D eigenvalue weighted by Gasteiger charge is 2.31. The minimum absolute atomic E-state index is 0.00435. The standard InChI is InChI=1S/C16H22N6O2/c1-2-24-10-12-8-22(20-17-12)13-5-6-21(9-13)16(23)15-7-14(18-19-15)11-3-4-11/h7-8,11,13H,2-6,9-10H2,1H3,(H,18,19). The fraction of sp³-hybridized carbons (Fsp3) is 0.625. The van der Waals surface area contributed by atoms with Crippen LogP contribution in [0.1, 0.15) is 60.0 Å². The van der Waals surface area contributed by atoms with E-state index in [9.17, 15) is 4.79 Å². The first-order chi connectivity index (χ1) is 11.7. The Morgan fingerprint density at radius 1 is 1.42 bits per heavy atom. The van der Waals surface area contributed by atoms with Crippen LogP contribution in [0.3, 0.4) is 0 Å². The van der Waals surface area contributed by atoms with Crippen molar-refractivity contribution in [3.8, 4) is 0 Å². The Labute approximate surface area is 140 Å². The zero-order valence-electron chi connectivity index (χ0n) is 13.8. The number of ether oxygens (including phenoxy) is 1. The number of hydrogen-bond acceptors (Lipinski definition) is 5. The van der Waals surface area contributed by atoms with E-state index in [2.05, 4.69) is 20.5 Å². The number of likely N-dealkylation sites (tertiary alicyclic amines) is 1. The second kappa shape index (κ2) is 6.35. The first kappa shape index (κ1) is 15.3. The molecule has 1 saturated carbocycles. The number of nitrogens with zero attached hydrogens (tertiary/aromatic N) is 5. The number of carbonyl (C=O) groups excluding carboxylic acids is 1. The van der Waals surface area contributed by atoms with Crippen molar-refractivity contribution in [1.82, 2.24) is 30.1 Å². The monoisotopic (exact) mass is 330 g/mol. The smallest absolute Gasteiger partial charge is 0.274 e. The summed E-state index contributed by atoms with van der Waals surface area (Å²) in [4.78, 5) is 14.5. The van der Waals surface area contributed by atoms with E-state index in [-0.39, 0.29) is 11.9 Å². The van der Waals surface area contributed by atoms with Crippen molar-refractivity contribution in [2.75, 3.05) is 19.7 Å². The molecule has 2 aromatic heterocycles. The van der Waals surface area contributed by atoms with E-state index >= 15 is 0 Å². The Hall–Kier alpha value is -2.22. The zero-order valence-corrected chi connectivity index (χ0v) is 13.8. The number of amides is 1. The molecule has 128 valence electrons. The molecule has 0 radical (unpaired) electrons. The van der Waals surface area contributed by atoms with Crippen molar-refractivity contribution in [2.45, 2.75) is 44.8 Å². The number of hydrogen-bond donors (Lipinski definition) is 1. The van der Waals surface area contributed by atoms with E-state index in [1.165, 1.54) is 12.8 Å². The molecule has 1 unspecified atom stereocenters. The molecule has 24 heavy (non-hydrogen) atoms. The largest absolute Gasteiger partial charge is 0.375 e. The molecule has 8 heteroatoms. The van der Waals surface area contributed by atoms with Gasteiger partial charge in [-0.25, -0.2) is 4.68 Å². The zero-order chi connectivity index (χ0) is 16.5. The summed E-state index contributed by atoms with van der Waals surface area (Å²) in [6, 6.07) is 2.07. The highest BCUT2D eigenvalue weighted by Crippen LogP contribution is 2.39. The number of carbonyl (C=O) groups is 1. The third-order valence-electron chi connectivity index (χ3n) is 4.67. The number of aromatic nitrogens is 5. The van der Waals surface area contributed by atoms with E-state index < -0.39 is 0 Å². The second-order valence-corrected chi connectivity index (χ2v) is 6.50. The summed E-state index contributed by atoms with van der Waals surface area (Å²) >= 11 is 0. The van der Waals surface area contributed by atoms with E-state index in [0.29, 0.717) is 31.4 Å². The number of rotatable bonds is 6. The summed E-state index contributed by atoms with van der Waals surface area (Å²) in [6.45, 7) is 4.44. The molecular formula is C16H22N6O2. The molecule has 3 heterocycles. The van der Waals surface area contributed by atoms with Crippen molar-refractivity contribution in [1.29, 1.82) is 0 Å². The van der Waals surface area contributed by atoms with Crippen LogP contribution in [-0.2, 0) is 11.3 Å². The molecule has 1 aliphatic heterocycles. The Bertz CT molecular complexity index is 720. The van der Waals surface area contributed by atoms with Crippen LogP contribution >= 0.6 is 0 Å². The average molecular weight is 330 g/mol. The molecule has 2 aliphatic rings. The molecule has 1 atom stereocenters. The van der Waals surface area contributed by atoms with Gasteiger partial charge in [-0.15, -0.1) is 5.10 Å². The summed E-state index contributed by atoms with van der Waals surface area (Å²) < 4.78 is 7.20. The molecule has 1 saturated heterocycles. The molecular weight excluding hydrogens is 308 g/mol. The molecule has 2 fully saturated rings. The predicted molar refractivity (Wildman–Crippen MR) is 85.5 cm³/mol. The van der Waals surface area contributed by atoms with Crippen molar-refractivity contribution < 1.29 is 9.53 Å². The van der Waals surface area contributed by atoms with Gasteiger partial charge >= 0.3 is 0 Å². The molecule has 1 N–H and O–H groups in total. The van der Waals surface area contributed by atoms with Gasteiger partial charge in [-0.3, -0.25) is 9.89 Å². The SMILES string of the molecule is CCOCc1cn(C2CCN(C(=O)c3cc(C4CC4)[nH]n3)C2)nn1. The fourth-order valence-electron chi connectivity index (χ4n) is 3.12. The van der Waals surface area contributed by atoms with Crippen LogP contribution in [0, 0.1) is 0 Å². The van der Waals surface area contributed by atoms with Crippen LogP contribution in [0.5, 0.6) is 0 Å². The molecule has 8 nitrogen and oxygen atoms in total. The first-order valence-electron chi connectivity index (χ1n) is 8.57. The maximum Gasteiger partial charge on any atom is 0.274 e. The Morgan fingerprint density at radius 2 is 2.29 bits per heavy atom. The molecule has 1 aliphatic carbocycles. The lowest BCUT2D eigenvalue weighted by Gasteiger charge is -2.14. The maximum atomic E-state index is 12.6. The topological polar surface area (TPSA) is 88.9 Å². The number of nitrogens with one attached hydrogen (secondary N) is 1. The maximum absolute atomic E-state index is 12.6. The van der Waals surface area contributed by atoms with Gasteiger partial charge in [0, 0.05) is 31.3 Å². The number of H-pyrrole nitrogens is 1. The summed E-state index contributed by atoms with van der Waals surface area (Å²) in [5.41, 5.74) is 2.43. The lowest BCUT2D eigenvalue weighted by molar-refractivity contribution is 0.0781. The third-order valence-corrected chi connectivity index (χ3v) is 4.67. The molecule has 2 aromatic rings. The van der Waals surface area contributed by atoms with Crippen LogP contribution in [0.25, 0.3) is 0 Å². The van der Waals surface area contributed by atoms with Crippen LogP contribution in [-0.4, -0.2) is 55.7 Å². The minimum atomic E-state index is -0.00435. The molecule has 4 rings (SSSR count). The highest BCUT2D eigenvalue weighted by molar-refractivity contribution is 5.92. The van der Waals surface area contributed by atoms with Gasteiger partial charge < -0.3 is 9.64 Å². The van der Waals surface area contributed by atoms with Gasteiger partial charge in [0.05, 0.1) is 18.8 Å². The van der Waals surface area contributed by atoms with Gasteiger partial charge in [0.1, 0.15) is 11.4 Å². The van der Waals surface area contributed by atoms with Crippen LogP contribution < -0.4 is 0 Å². The third kappa shape index (κ3) is 3.06. The summed E-state index contributed by atoms with van der Waals surface area (Å²) in [7, 11) is 0. The molecule has 0 spiro atoms. The van der Waals surface area contributed by atoms with E-state index in [4.69, 9.17) is 4.74 Å². The Morgan fingerprint density at radius 3 is 3.08 bits per heavy atom. The lowest BCUT2D eigenvalue weighted by atomic mass is 10.2. The van der Waals surface area contributed by atoms with Gasteiger partial charge in [-0.1, -0.05) is 5.21 Å². The van der Waals surface area contributed by atoms with E-state index in [1.54, 1.807) is 0 Å². The summed E-state index contributed by atoms with van der Waals surface area (Å²) in [5, 5.41) is 15.5. The molecule has 0 bridgehead atoms. The minimum Gasteiger partial charge on any atom is -0.375 e. The van der Waals surface area contributed by atoms with Crippen LogP contribution in [0.4, 0.5) is 0 Å². The summed E-state index contributed by atoms with van der Waals surface area (Å²) in [5.74, 6) is 0.569. The summed E-state index contributed by atoms with van der Waals surface area (Å²) in [6.07, 6.45) is 5.17. The van der Waals surface area contributed by atoms with E-state index in [0.717, 1.165) is 24.4 Å². The van der Waals surface area contributed by atoms with Crippen molar-refractivity contribution in [3.63, 3.8) is 0 Å². The van der Waals surface area contributed by atoms with Crippen molar-refractivity contribution >= 4 is 5.91 Å².